The molecular weight excluding hydrogens is 805 g/mol. The Morgan fingerprint density at radius 2 is 0.970 bits per heavy atom. The first kappa shape index (κ1) is 40.5. The van der Waals surface area contributed by atoms with Crippen molar-refractivity contribution >= 4 is 101 Å². The monoisotopic (exact) mass is 860 g/mol. The summed E-state index contributed by atoms with van der Waals surface area (Å²) in [6.07, 6.45) is 13.4. The van der Waals surface area contributed by atoms with Gasteiger partial charge in [-0.2, -0.15) is 0 Å². The van der Waals surface area contributed by atoms with Crippen LogP contribution in [-0.2, 0) is 0 Å². The van der Waals surface area contributed by atoms with Crippen LogP contribution >= 0.6 is 0 Å². The minimum Gasteiger partial charge on any atom is -0.458 e. The second-order valence-electron chi connectivity index (χ2n) is 19.4. The highest BCUT2D eigenvalue weighted by molar-refractivity contribution is 6.30. The molecule has 2 aliphatic rings. The van der Waals surface area contributed by atoms with Crippen molar-refractivity contribution in [1.82, 2.24) is 0 Å². The topological polar surface area (TPSA) is 32.8 Å². The van der Waals surface area contributed by atoms with Gasteiger partial charge in [0.2, 0.25) is 0 Å². The van der Waals surface area contributed by atoms with Crippen molar-refractivity contribution in [1.29, 1.82) is 0 Å². The molecule has 0 N–H and O–H groups in total. The number of hydrogen-bond acceptors (Lipinski definition) is 4. The Balaban J connectivity index is 1.17. The number of anilines is 6. The van der Waals surface area contributed by atoms with Crippen LogP contribution in [0.25, 0.3) is 66.4 Å². The zero-order valence-electron chi connectivity index (χ0n) is 38.9. The predicted octanol–water partition coefficient (Wildman–Crippen LogP) is 19.1. The normalized spacial score (nSPS) is 15.9. The standard InChI is InChI=1S/C62H56N2O2/c1-7-18-40-20-15-26-46-48-28-17-30-54(62(48)66-60(40)46)64(42-23-12-9-13-24-42)56-36-52(38(4)5)44-31-33-49-55(35-51(37(2)3)43-32-34-50(56)58(44)57(43)49)63(41-21-10-8-11-22-41)53-29-16-27-47-45-25-14-19-39(6)59(45)65-61(47)53/h8-17,21-40H,7,18-20H2,1-6H3. The molecule has 0 saturated heterocycles. The van der Waals surface area contributed by atoms with Crippen molar-refractivity contribution in [3.8, 4) is 0 Å². The molecule has 2 aromatic heterocycles. The van der Waals surface area contributed by atoms with Gasteiger partial charge in [0.1, 0.15) is 11.5 Å². The van der Waals surface area contributed by atoms with Gasteiger partial charge in [-0.3, -0.25) is 0 Å². The molecule has 4 nitrogen and oxygen atoms in total. The maximum Gasteiger partial charge on any atom is 0.158 e. The number of para-hydroxylation sites is 4. The fourth-order valence-electron chi connectivity index (χ4n) is 11.5. The van der Waals surface area contributed by atoms with Gasteiger partial charge in [0.25, 0.3) is 0 Å². The number of benzene rings is 8. The minimum absolute atomic E-state index is 0.265. The molecule has 0 saturated carbocycles. The highest BCUT2D eigenvalue weighted by Gasteiger charge is 2.31. The highest BCUT2D eigenvalue weighted by atomic mass is 16.3. The molecule has 66 heavy (non-hydrogen) atoms. The minimum atomic E-state index is 0.265. The van der Waals surface area contributed by atoms with Crippen molar-refractivity contribution in [2.75, 3.05) is 9.80 Å². The quantitative estimate of drug-likeness (QED) is 0.128. The number of hydrogen-bond donors (Lipinski definition) is 0. The van der Waals surface area contributed by atoms with Crippen LogP contribution in [0.3, 0.4) is 0 Å². The molecule has 2 unspecified atom stereocenters. The third-order valence-corrected chi connectivity index (χ3v) is 14.6. The summed E-state index contributed by atoms with van der Waals surface area (Å²) < 4.78 is 14.1. The van der Waals surface area contributed by atoms with Gasteiger partial charge in [0.15, 0.2) is 11.2 Å². The molecule has 8 aromatic carbocycles. The van der Waals surface area contributed by atoms with Crippen molar-refractivity contribution < 1.29 is 8.83 Å². The molecule has 10 aromatic rings. The smallest absolute Gasteiger partial charge is 0.158 e. The van der Waals surface area contributed by atoms with E-state index in [1.54, 1.807) is 0 Å². The number of rotatable bonds is 10. The van der Waals surface area contributed by atoms with Crippen LogP contribution < -0.4 is 9.80 Å². The maximum absolute atomic E-state index is 7.13. The second-order valence-corrected chi connectivity index (χ2v) is 19.4. The molecule has 0 radical (unpaired) electrons. The van der Waals surface area contributed by atoms with Crippen LogP contribution in [0.2, 0.25) is 0 Å². The summed E-state index contributed by atoms with van der Waals surface area (Å²) in [7, 11) is 0. The predicted molar refractivity (Wildman–Crippen MR) is 281 cm³/mol. The Morgan fingerprint density at radius 3 is 1.47 bits per heavy atom. The SMILES string of the molecule is CCCC1CC=Cc2c1oc1c(N(c3ccccc3)c3cc(C(C)C)c4ccc5c(N(c6ccccc6)c6cccc7c8c(oc67)C(C)CC=C8)cc(C(C)C)c6ccc3c4c65)cccc21. The summed E-state index contributed by atoms with van der Waals surface area (Å²) in [5.41, 5.74) is 13.5. The van der Waals surface area contributed by atoms with Crippen molar-refractivity contribution in [2.24, 2.45) is 0 Å². The summed E-state index contributed by atoms with van der Waals surface area (Å²) in [5.74, 6) is 3.43. The lowest BCUT2D eigenvalue weighted by atomic mass is 9.84. The van der Waals surface area contributed by atoms with E-state index in [0.29, 0.717) is 11.8 Å². The highest BCUT2D eigenvalue weighted by Crippen LogP contribution is 2.53. The lowest BCUT2D eigenvalue weighted by Gasteiger charge is -2.31. The summed E-state index contributed by atoms with van der Waals surface area (Å²) in [4.78, 5) is 4.94. The van der Waals surface area contributed by atoms with Crippen LogP contribution in [0.15, 0.2) is 154 Å². The molecule has 2 atom stereocenters. The number of nitrogens with zero attached hydrogens (tertiary/aromatic N) is 2. The molecule has 0 amide bonds. The molecule has 12 rings (SSSR count). The Morgan fingerprint density at radius 1 is 0.500 bits per heavy atom. The molecule has 0 bridgehead atoms. The average Bonchev–Trinajstić information content (AvgIpc) is 3.93. The van der Waals surface area contributed by atoms with Crippen molar-refractivity contribution in [3.63, 3.8) is 0 Å². The first-order valence-corrected chi connectivity index (χ1v) is 24.2. The molecule has 326 valence electrons. The van der Waals surface area contributed by atoms with E-state index in [4.69, 9.17) is 8.83 Å². The van der Waals surface area contributed by atoms with E-state index in [1.807, 2.05) is 0 Å². The Hall–Kier alpha value is -7.04. The van der Waals surface area contributed by atoms with E-state index in [1.165, 1.54) is 60.0 Å². The van der Waals surface area contributed by atoms with Crippen LogP contribution in [0.4, 0.5) is 34.1 Å². The van der Waals surface area contributed by atoms with Gasteiger partial charge in [0, 0.05) is 55.9 Å². The van der Waals surface area contributed by atoms with Gasteiger partial charge in [-0.25, -0.2) is 0 Å². The van der Waals surface area contributed by atoms with Gasteiger partial charge >= 0.3 is 0 Å². The zero-order valence-corrected chi connectivity index (χ0v) is 38.9. The van der Waals surface area contributed by atoms with Gasteiger partial charge in [-0.15, -0.1) is 0 Å². The van der Waals surface area contributed by atoms with Gasteiger partial charge in [-0.1, -0.05) is 157 Å². The largest absolute Gasteiger partial charge is 0.458 e. The van der Waals surface area contributed by atoms with E-state index in [9.17, 15) is 0 Å². The molecule has 0 aliphatic heterocycles. The fourth-order valence-corrected chi connectivity index (χ4v) is 11.5. The molecule has 2 heterocycles. The van der Waals surface area contributed by atoms with Gasteiger partial charge in [0.05, 0.1) is 22.7 Å². The fraction of sp³-hybridized carbons (Fsp3) is 0.226. The number of fused-ring (bicyclic) bond motifs is 6. The van der Waals surface area contributed by atoms with E-state index in [0.717, 1.165) is 87.9 Å². The average molecular weight is 861 g/mol. The lowest BCUT2D eigenvalue weighted by molar-refractivity contribution is 0.465. The third-order valence-electron chi connectivity index (χ3n) is 14.6. The van der Waals surface area contributed by atoms with E-state index < -0.39 is 0 Å². The van der Waals surface area contributed by atoms with E-state index in [2.05, 4.69) is 209 Å². The molecule has 4 heteroatoms. The first-order valence-electron chi connectivity index (χ1n) is 24.2. The Kier molecular flexibility index (Phi) is 9.71. The summed E-state index contributed by atoms with van der Waals surface area (Å²) in [5, 5.41) is 9.95. The van der Waals surface area contributed by atoms with Gasteiger partial charge in [-0.05, 0) is 112 Å². The second kappa shape index (κ2) is 15.8. The molecule has 0 fully saturated rings. The van der Waals surface area contributed by atoms with Crippen LogP contribution in [0, 0.1) is 0 Å². The van der Waals surface area contributed by atoms with E-state index in [-0.39, 0.29) is 11.8 Å². The summed E-state index contributed by atoms with van der Waals surface area (Å²) >= 11 is 0. The number of furan rings is 2. The Labute approximate surface area is 387 Å². The lowest BCUT2D eigenvalue weighted by Crippen LogP contribution is -2.13. The van der Waals surface area contributed by atoms with Crippen molar-refractivity contribution in [3.05, 3.63) is 179 Å². The molecular formula is C62H56N2O2. The van der Waals surface area contributed by atoms with Crippen LogP contribution in [0.1, 0.15) is 125 Å². The van der Waals surface area contributed by atoms with Crippen LogP contribution in [-0.4, -0.2) is 0 Å². The first-order chi connectivity index (χ1) is 32.3. The number of allylic oxidation sites excluding steroid dienone is 2. The van der Waals surface area contributed by atoms with E-state index >= 15 is 0 Å². The zero-order chi connectivity index (χ0) is 44.8. The van der Waals surface area contributed by atoms with Gasteiger partial charge < -0.3 is 18.6 Å². The Bertz CT molecular complexity index is 3530. The maximum atomic E-state index is 7.13. The third kappa shape index (κ3) is 6.17. The van der Waals surface area contributed by atoms with Crippen molar-refractivity contribution in [2.45, 2.75) is 90.9 Å². The summed E-state index contributed by atoms with van der Waals surface area (Å²) in [6.45, 7) is 13.9. The van der Waals surface area contributed by atoms with Crippen LogP contribution in [0.5, 0.6) is 0 Å². The molecule has 0 spiro atoms. The summed E-state index contributed by atoms with van der Waals surface area (Å²) in [6, 6.07) is 49.7. The molecule has 2 aliphatic carbocycles.